The van der Waals surface area contributed by atoms with Crippen LogP contribution in [0.15, 0.2) is 12.3 Å². The number of aromatic carboxylic acids is 1. The highest BCUT2D eigenvalue weighted by molar-refractivity contribution is 5.94. The molecule has 0 aliphatic carbocycles. The normalized spacial score (nSPS) is 18.5. The van der Waals surface area contributed by atoms with E-state index in [0.29, 0.717) is 19.7 Å². The van der Waals surface area contributed by atoms with Crippen LogP contribution in [0.25, 0.3) is 0 Å². The average Bonchev–Trinajstić information content (AvgIpc) is 2.47. The fourth-order valence-electron chi connectivity index (χ4n) is 2.46. The third-order valence-electron chi connectivity index (χ3n) is 3.37. The van der Waals surface area contributed by atoms with E-state index in [2.05, 4.69) is 4.98 Å². The number of carboxylic acid groups (broad SMARTS) is 1. The summed E-state index contributed by atoms with van der Waals surface area (Å²) in [4.78, 5) is 27.2. The number of anilines is 1. The Morgan fingerprint density at radius 3 is 3.05 bits per heavy atom. The zero-order chi connectivity index (χ0) is 15.4. The fourth-order valence-corrected chi connectivity index (χ4v) is 2.46. The van der Waals surface area contributed by atoms with Gasteiger partial charge in [0, 0.05) is 25.8 Å². The van der Waals surface area contributed by atoms with Crippen molar-refractivity contribution in [2.75, 3.05) is 24.6 Å². The molecular weight excluding hydrogens is 278 g/mol. The molecule has 1 aromatic heterocycles. The van der Waals surface area contributed by atoms with E-state index in [9.17, 15) is 20.0 Å². The summed E-state index contributed by atoms with van der Waals surface area (Å²) in [6.07, 6.45) is 2.90. The van der Waals surface area contributed by atoms with E-state index in [1.165, 1.54) is 0 Å². The molecule has 0 bridgehead atoms. The van der Waals surface area contributed by atoms with Crippen LogP contribution in [0.3, 0.4) is 0 Å². The quantitative estimate of drug-likeness (QED) is 0.650. The Balaban J connectivity index is 2.29. The molecule has 8 heteroatoms. The zero-order valence-electron chi connectivity index (χ0n) is 11.7. The van der Waals surface area contributed by atoms with Gasteiger partial charge in [-0.25, -0.2) is 9.78 Å². The number of rotatable bonds is 5. The van der Waals surface area contributed by atoms with E-state index >= 15 is 0 Å². The molecule has 0 saturated carbocycles. The van der Waals surface area contributed by atoms with E-state index in [1.54, 1.807) is 0 Å². The molecule has 8 nitrogen and oxygen atoms in total. The van der Waals surface area contributed by atoms with E-state index in [0.717, 1.165) is 25.1 Å². The number of carbonyl (C=O) groups is 1. The predicted molar refractivity (Wildman–Crippen MR) is 74.7 cm³/mol. The van der Waals surface area contributed by atoms with Crippen LogP contribution in [-0.2, 0) is 4.74 Å². The maximum absolute atomic E-state index is 11.3. The highest BCUT2D eigenvalue weighted by Gasteiger charge is 2.26. The van der Waals surface area contributed by atoms with Gasteiger partial charge in [-0.15, -0.1) is 0 Å². The van der Waals surface area contributed by atoms with Gasteiger partial charge in [0.05, 0.1) is 11.0 Å². The van der Waals surface area contributed by atoms with Crippen molar-refractivity contribution in [3.63, 3.8) is 0 Å². The van der Waals surface area contributed by atoms with Crippen LogP contribution in [0, 0.1) is 10.1 Å². The molecule has 1 aromatic rings. The molecule has 1 atom stereocenters. The summed E-state index contributed by atoms with van der Waals surface area (Å²) in [5, 5.41) is 20.0. The topological polar surface area (TPSA) is 106 Å². The molecule has 0 amide bonds. The van der Waals surface area contributed by atoms with Gasteiger partial charge >= 0.3 is 5.97 Å². The van der Waals surface area contributed by atoms with Crippen molar-refractivity contribution in [3.05, 3.63) is 27.9 Å². The number of nitro groups is 1. The standard InChI is InChI=1S/C13H17N3O5/c1-2-21-10-4-3-5-15(8-10)12-11(13(17)18)6-9(7-14-12)16(19)20/h6-7,10H,2-5,8H2,1H3,(H,17,18). The molecule has 21 heavy (non-hydrogen) atoms. The third-order valence-corrected chi connectivity index (χ3v) is 3.37. The van der Waals surface area contributed by atoms with Crippen molar-refractivity contribution in [3.8, 4) is 0 Å². The molecule has 1 unspecified atom stereocenters. The highest BCUT2D eigenvalue weighted by atomic mass is 16.6. The van der Waals surface area contributed by atoms with E-state index in [1.807, 2.05) is 11.8 Å². The summed E-state index contributed by atoms with van der Waals surface area (Å²) in [5.41, 5.74) is -0.476. The van der Waals surface area contributed by atoms with Gasteiger partial charge in [-0.2, -0.15) is 0 Å². The minimum atomic E-state index is -1.22. The van der Waals surface area contributed by atoms with Gasteiger partial charge in [0.2, 0.25) is 0 Å². The minimum Gasteiger partial charge on any atom is -0.478 e. The van der Waals surface area contributed by atoms with Gasteiger partial charge in [0.15, 0.2) is 0 Å². The summed E-state index contributed by atoms with van der Waals surface area (Å²) < 4.78 is 5.57. The summed E-state index contributed by atoms with van der Waals surface area (Å²) in [6, 6.07) is 1.05. The molecule has 114 valence electrons. The molecule has 1 saturated heterocycles. The Bertz CT molecular complexity index is 547. The molecule has 0 spiro atoms. The first-order valence-corrected chi connectivity index (χ1v) is 6.77. The fraction of sp³-hybridized carbons (Fsp3) is 0.538. The molecular formula is C13H17N3O5. The number of ether oxygens (including phenoxy) is 1. The highest BCUT2D eigenvalue weighted by Crippen LogP contribution is 2.26. The number of pyridine rings is 1. The lowest BCUT2D eigenvalue weighted by molar-refractivity contribution is -0.385. The van der Waals surface area contributed by atoms with Crippen molar-refractivity contribution in [2.45, 2.75) is 25.9 Å². The molecule has 1 fully saturated rings. The van der Waals surface area contributed by atoms with Gasteiger partial charge in [-0.05, 0) is 19.8 Å². The van der Waals surface area contributed by atoms with Crippen molar-refractivity contribution in [1.82, 2.24) is 4.98 Å². The number of carboxylic acids is 1. The van der Waals surface area contributed by atoms with Crippen LogP contribution >= 0.6 is 0 Å². The van der Waals surface area contributed by atoms with Crippen molar-refractivity contribution >= 4 is 17.5 Å². The van der Waals surface area contributed by atoms with E-state index in [-0.39, 0.29) is 23.2 Å². The predicted octanol–water partition coefficient (Wildman–Crippen LogP) is 1.69. The summed E-state index contributed by atoms with van der Waals surface area (Å²) in [5.74, 6) is -0.961. The van der Waals surface area contributed by atoms with E-state index in [4.69, 9.17) is 4.74 Å². The van der Waals surface area contributed by atoms with Gasteiger partial charge in [0.1, 0.15) is 17.6 Å². The van der Waals surface area contributed by atoms with Gasteiger partial charge < -0.3 is 14.7 Å². The van der Waals surface area contributed by atoms with Gasteiger partial charge in [-0.1, -0.05) is 0 Å². The zero-order valence-corrected chi connectivity index (χ0v) is 11.7. The number of hydrogen-bond donors (Lipinski definition) is 1. The lowest BCUT2D eigenvalue weighted by atomic mass is 10.1. The van der Waals surface area contributed by atoms with Crippen LogP contribution in [0.2, 0.25) is 0 Å². The summed E-state index contributed by atoms with van der Waals surface area (Å²) in [7, 11) is 0. The SMILES string of the molecule is CCOC1CCCN(c2ncc([N+](=O)[O-])cc2C(=O)O)C1. The number of aromatic nitrogens is 1. The molecule has 1 aliphatic rings. The van der Waals surface area contributed by atoms with Crippen LogP contribution < -0.4 is 4.90 Å². The Morgan fingerprint density at radius 2 is 2.43 bits per heavy atom. The second-order valence-electron chi connectivity index (χ2n) is 4.79. The first-order chi connectivity index (χ1) is 10.0. The smallest absolute Gasteiger partial charge is 0.339 e. The van der Waals surface area contributed by atoms with Crippen LogP contribution in [0.1, 0.15) is 30.1 Å². The van der Waals surface area contributed by atoms with Gasteiger partial charge in [-0.3, -0.25) is 10.1 Å². The molecule has 1 N–H and O–H groups in total. The Labute approximate surface area is 121 Å². The first-order valence-electron chi connectivity index (χ1n) is 6.77. The first kappa shape index (κ1) is 15.2. The minimum absolute atomic E-state index is 0.0300. The van der Waals surface area contributed by atoms with Crippen LogP contribution in [0.5, 0.6) is 0 Å². The molecule has 2 rings (SSSR count). The Kier molecular flexibility index (Phi) is 4.69. The largest absolute Gasteiger partial charge is 0.478 e. The molecule has 0 aromatic carbocycles. The summed E-state index contributed by atoms with van der Waals surface area (Å²) in [6.45, 7) is 3.71. The van der Waals surface area contributed by atoms with Crippen molar-refractivity contribution in [1.29, 1.82) is 0 Å². The second-order valence-corrected chi connectivity index (χ2v) is 4.79. The second kappa shape index (κ2) is 6.49. The van der Waals surface area contributed by atoms with Crippen molar-refractivity contribution < 1.29 is 19.6 Å². The number of nitrogens with zero attached hydrogens (tertiary/aromatic N) is 3. The Hall–Kier alpha value is -2.22. The lowest BCUT2D eigenvalue weighted by Crippen LogP contribution is -2.40. The number of piperidine rings is 1. The molecule has 1 aliphatic heterocycles. The number of hydrogen-bond acceptors (Lipinski definition) is 6. The average molecular weight is 295 g/mol. The van der Waals surface area contributed by atoms with Gasteiger partial charge in [0.25, 0.3) is 5.69 Å². The summed E-state index contributed by atoms with van der Waals surface area (Å²) >= 11 is 0. The maximum Gasteiger partial charge on any atom is 0.339 e. The van der Waals surface area contributed by atoms with Crippen molar-refractivity contribution in [2.24, 2.45) is 0 Å². The van der Waals surface area contributed by atoms with E-state index < -0.39 is 10.9 Å². The van der Waals surface area contributed by atoms with Crippen LogP contribution in [0.4, 0.5) is 11.5 Å². The maximum atomic E-state index is 11.3. The Morgan fingerprint density at radius 1 is 1.67 bits per heavy atom. The monoisotopic (exact) mass is 295 g/mol. The van der Waals surface area contributed by atoms with Crippen LogP contribution in [-0.4, -0.2) is 46.8 Å². The third kappa shape index (κ3) is 3.46. The lowest BCUT2D eigenvalue weighted by Gasteiger charge is -2.33. The molecule has 0 radical (unpaired) electrons. The molecule has 2 heterocycles.